The van der Waals surface area contributed by atoms with Crippen molar-refractivity contribution in [3.8, 4) is 5.75 Å². The van der Waals surface area contributed by atoms with E-state index in [1.165, 1.54) is 0 Å². The topological polar surface area (TPSA) is 72.5 Å². The lowest BCUT2D eigenvalue weighted by atomic mass is 9.93. The van der Waals surface area contributed by atoms with Gasteiger partial charge in [-0.15, -0.1) is 0 Å². The first kappa shape index (κ1) is 11.9. The molecule has 0 aliphatic carbocycles. The van der Waals surface area contributed by atoms with Crippen LogP contribution in [0.3, 0.4) is 0 Å². The highest BCUT2D eigenvalue weighted by Crippen LogP contribution is 2.29. The molecule has 1 heterocycles. The lowest BCUT2D eigenvalue weighted by Crippen LogP contribution is -2.26. The minimum Gasteiger partial charge on any atom is -0.493 e. The standard InChI is InChI=1S/C13H17NO3/c1-8(13(15)16)12(14)10-4-5-11-9(7-10)3-2-6-17-11/h4-5,7-8,12H,2-3,6,14H2,1H3,(H,15,16). The second-order valence-electron chi connectivity index (χ2n) is 4.47. The van der Waals surface area contributed by atoms with Crippen molar-refractivity contribution in [1.82, 2.24) is 0 Å². The summed E-state index contributed by atoms with van der Waals surface area (Å²) in [6, 6.07) is 5.24. The number of hydrogen-bond donors (Lipinski definition) is 2. The monoisotopic (exact) mass is 235 g/mol. The molecule has 17 heavy (non-hydrogen) atoms. The van der Waals surface area contributed by atoms with Crippen LogP contribution < -0.4 is 10.5 Å². The molecule has 2 unspecified atom stereocenters. The Morgan fingerprint density at radius 1 is 1.53 bits per heavy atom. The minimum absolute atomic E-state index is 0.472. The Labute approximate surface area is 100 Å². The first-order valence-electron chi connectivity index (χ1n) is 5.83. The molecule has 0 saturated carbocycles. The smallest absolute Gasteiger partial charge is 0.308 e. The SMILES string of the molecule is CC(C(=O)O)C(N)c1ccc2c(c1)CCCO2. The normalized spacial score (nSPS) is 17.8. The molecule has 3 N–H and O–H groups in total. The summed E-state index contributed by atoms with van der Waals surface area (Å²) in [5, 5.41) is 8.95. The lowest BCUT2D eigenvalue weighted by Gasteiger charge is -2.21. The van der Waals surface area contributed by atoms with Gasteiger partial charge in [-0.25, -0.2) is 0 Å². The molecule has 92 valence electrons. The molecule has 0 saturated heterocycles. The third kappa shape index (κ3) is 2.42. The van der Waals surface area contributed by atoms with Crippen LogP contribution in [0.15, 0.2) is 18.2 Å². The number of aryl methyl sites for hydroxylation is 1. The van der Waals surface area contributed by atoms with Gasteiger partial charge in [-0.3, -0.25) is 4.79 Å². The number of carboxylic acids is 1. The van der Waals surface area contributed by atoms with E-state index in [1.54, 1.807) is 6.92 Å². The molecule has 1 aromatic rings. The maximum atomic E-state index is 10.9. The predicted molar refractivity (Wildman–Crippen MR) is 64.0 cm³/mol. The molecule has 1 aliphatic heterocycles. The molecule has 0 bridgehead atoms. The summed E-state index contributed by atoms with van der Waals surface area (Å²) in [6.45, 7) is 2.38. The number of carboxylic acid groups (broad SMARTS) is 1. The van der Waals surface area contributed by atoms with E-state index in [9.17, 15) is 4.79 Å². The molecule has 4 heteroatoms. The van der Waals surface area contributed by atoms with Crippen LogP contribution >= 0.6 is 0 Å². The average Bonchev–Trinajstić information content (AvgIpc) is 2.36. The molecule has 0 radical (unpaired) electrons. The van der Waals surface area contributed by atoms with E-state index >= 15 is 0 Å². The van der Waals surface area contributed by atoms with Gasteiger partial charge in [0.2, 0.25) is 0 Å². The zero-order chi connectivity index (χ0) is 12.4. The minimum atomic E-state index is -0.869. The summed E-state index contributed by atoms with van der Waals surface area (Å²) in [6.07, 6.45) is 1.97. The third-order valence-electron chi connectivity index (χ3n) is 3.25. The molecule has 1 aromatic carbocycles. The molecule has 2 rings (SSSR count). The zero-order valence-corrected chi connectivity index (χ0v) is 9.85. The van der Waals surface area contributed by atoms with E-state index in [2.05, 4.69) is 0 Å². The summed E-state index contributed by atoms with van der Waals surface area (Å²) in [5.41, 5.74) is 7.94. The van der Waals surface area contributed by atoms with E-state index in [1.807, 2.05) is 18.2 Å². The lowest BCUT2D eigenvalue weighted by molar-refractivity contribution is -0.141. The van der Waals surface area contributed by atoms with E-state index in [4.69, 9.17) is 15.6 Å². The fourth-order valence-electron chi connectivity index (χ4n) is 2.03. The Hall–Kier alpha value is -1.55. The summed E-state index contributed by atoms with van der Waals surface area (Å²) in [7, 11) is 0. The Bertz CT molecular complexity index is 431. The number of nitrogens with two attached hydrogens (primary N) is 1. The number of aliphatic carboxylic acids is 1. The number of rotatable bonds is 3. The van der Waals surface area contributed by atoms with Gasteiger partial charge in [0, 0.05) is 6.04 Å². The van der Waals surface area contributed by atoms with Crippen molar-refractivity contribution in [2.75, 3.05) is 6.61 Å². The highest BCUT2D eigenvalue weighted by Gasteiger charge is 2.22. The van der Waals surface area contributed by atoms with Gasteiger partial charge in [-0.05, 0) is 30.0 Å². The molecule has 0 fully saturated rings. The Kier molecular flexibility index (Phi) is 3.33. The van der Waals surface area contributed by atoms with Crippen LogP contribution in [-0.4, -0.2) is 17.7 Å². The van der Waals surface area contributed by atoms with Crippen molar-refractivity contribution in [2.24, 2.45) is 11.7 Å². The van der Waals surface area contributed by atoms with Gasteiger partial charge in [0.1, 0.15) is 5.75 Å². The first-order valence-corrected chi connectivity index (χ1v) is 5.83. The molecule has 2 atom stereocenters. The van der Waals surface area contributed by atoms with Crippen molar-refractivity contribution in [3.63, 3.8) is 0 Å². The van der Waals surface area contributed by atoms with Crippen LogP contribution in [0.2, 0.25) is 0 Å². The molecule has 0 aromatic heterocycles. The van der Waals surface area contributed by atoms with Gasteiger partial charge < -0.3 is 15.6 Å². The number of hydrogen-bond acceptors (Lipinski definition) is 3. The van der Waals surface area contributed by atoms with Crippen molar-refractivity contribution < 1.29 is 14.6 Å². The summed E-state index contributed by atoms with van der Waals surface area (Å²) >= 11 is 0. The van der Waals surface area contributed by atoms with Crippen molar-refractivity contribution in [2.45, 2.75) is 25.8 Å². The van der Waals surface area contributed by atoms with Crippen molar-refractivity contribution >= 4 is 5.97 Å². The molecule has 0 spiro atoms. The van der Waals surface area contributed by atoms with Gasteiger partial charge >= 0.3 is 5.97 Å². The van der Waals surface area contributed by atoms with Crippen LogP contribution in [-0.2, 0) is 11.2 Å². The van der Waals surface area contributed by atoms with E-state index in [0.717, 1.165) is 36.3 Å². The second kappa shape index (κ2) is 4.75. The van der Waals surface area contributed by atoms with Crippen LogP contribution in [0, 0.1) is 5.92 Å². The number of ether oxygens (including phenoxy) is 1. The van der Waals surface area contributed by atoms with E-state index in [-0.39, 0.29) is 0 Å². The van der Waals surface area contributed by atoms with Gasteiger partial charge in [-0.1, -0.05) is 19.1 Å². The second-order valence-corrected chi connectivity index (χ2v) is 4.47. The summed E-state index contributed by atoms with van der Waals surface area (Å²) < 4.78 is 5.51. The van der Waals surface area contributed by atoms with Crippen LogP contribution in [0.25, 0.3) is 0 Å². The van der Waals surface area contributed by atoms with Crippen LogP contribution in [0.5, 0.6) is 5.75 Å². The van der Waals surface area contributed by atoms with Gasteiger partial charge in [0.15, 0.2) is 0 Å². The van der Waals surface area contributed by atoms with E-state index in [0.29, 0.717) is 0 Å². The summed E-state index contributed by atoms with van der Waals surface area (Å²) in [4.78, 5) is 10.9. The van der Waals surface area contributed by atoms with Gasteiger partial charge in [0.25, 0.3) is 0 Å². The van der Waals surface area contributed by atoms with Crippen molar-refractivity contribution in [1.29, 1.82) is 0 Å². The van der Waals surface area contributed by atoms with Crippen LogP contribution in [0.1, 0.15) is 30.5 Å². The fourth-order valence-corrected chi connectivity index (χ4v) is 2.03. The molecule has 0 amide bonds. The summed E-state index contributed by atoms with van der Waals surface area (Å²) in [5.74, 6) is -0.556. The quantitative estimate of drug-likeness (QED) is 0.836. The van der Waals surface area contributed by atoms with Crippen molar-refractivity contribution in [3.05, 3.63) is 29.3 Å². The highest BCUT2D eigenvalue weighted by molar-refractivity contribution is 5.70. The Morgan fingerprint density at radius 3 is 3.00 bits per heavy atom. The molecular weight excluding hydrogens is 218 g/mol. The fraction of sp³-hybridized carbons (Fsp3) is 0.462. The number of carbonyl (C=O) groups is 1. The van der Waals surface area contributed by atoms with Gasteiger partial charge in [0.05, 0.1) is 12.5 Å². The predicted octanol–water partition coefficient (Wildman–Crippen LogP) is 1.73. The van der Waals surface area contributed by atoms with Crippen LogP contribution in [0.4, 0.5) is 0 Å². The number of fused-ring (bicyclic) bond motifs is 1. The number of benzene rings is 1. The Morgan fingerprint density at radius 2 is 2.29 bits per heavy atom. The molecule has 4 nitrogen and oxygen atoms in total. The maximum absolute atomic E-state index is 10.9. The maximum Gasteiger partial charge on any atom is 0.308 e. The molecular formula is C13H17NO3. The average molecular weight is 235 g/mol. The zero-order valence-electron chi connectivity index (χ0n) is 9.85. The largest absolute Gasteiger partial charge is 0.493 e. The highest BCUT2D eigenvalue weighted by atomic mass is 16.5. The third-order valence-corrected chi connectivity index (χ3v) is 3.25. The van der Waals surface area contributed by atoms with Gasteiger partial charge in [-0.2, -0.15) is 0 Å². The van der Waals surface area contributed by atoms with E-state index < -0.39 is 17.9 Å². The molecule has 1 aliphatic rings. The Balaban J connectivity index is 2.24. The first-order chi connectivity index (χ1) is 8.09.